The molecule has 0 aromatic heterocycles. The van der Waals surface area contributed by atoms with Gasteiger partial charge in [0, 0.05) is 16.5 Å². The van der Waals surface area contributed by atoms with E-state index in [0.717, 1.165) is 23.8 Å². The third kappa shape index (κ3) is 2.70. The largest absolute Gasteiger partial charge is 0.493 e. The van der Waals surface area contributed by atoms with Crippen LogP contribution in [0.25, 0.3) is 0 Å². The first-order valence-corrected chi connectivity index (χ1v) is 7.64. The minimum atomic E-state index is 0.183. The molecular formula is C15H23NO2S. The number of nitrogens with one attached hydrogen (secondary N) is 1. The number of hydrogen-bond donors (Lipinski definition) is 1. The van der Waals surface area contributed by atoms with Crippen LogP contribution in [0.4, 0.5) is 0 Å². The Morgan fingerprint density at radius 1 is 1.26 bits per heavy atom. The van der Waals surface area contributed by atoms with E-state index in [9.17, 15) is 0 Å². The molecule has 1 atom stereocenters. The Morgan fingerprint density at radius 3 is 2.47 bits per heavy atom. The van der Waals surface area contributed by atoms with E-state index < -0.39 is 0 Å². The molecule has 1 aromatic rings. The fourth-order valence-electron chi connectivity index (χ4n) is 2.61. The first kappa shape index (κ1) is 14.5. The summed E-state index contributed by atoms with van der Waals surface area (Å²) in [5.74, 6) is 2.65. The van der Waals surface area contributed by atoms with Crippen LogP contribution in [0.2, 0.25) is 0 Å². The number of methoxy groups -OCH3 is 2. The Hall–Kier alpha value is -0.870. The van der Waals surface area contributed by atoms with Crippen molar-refractivity contribution >= 4 is 11.8 Å². The third-order valence-electron chi connectivity index (χ3n) is 3.66. The number of rotatable bonds is 4. The van der Waals surface area contributed by atoms with Crippen molar-refractivity contribution < 1.29 is 9.47 Å². The van der Waals surface area contributed by atoms with Gasteiger partial charge in [0.15, 0.2) is 11.5 Å². The predicted octanol–water partition coefficient (Wildman–Crippen LogP) is 3.38. The standard InChI is InChI=1S/C15H23NO2S/c1-6-16-14-11-8-13(18-5)12(17-4)7-10(11)9-19-15(14,2)3/h7-8,14,16H,6,9H2,1-5H3. The van der Waals surface area contributed by atoms with E-state index in [0.29, 0.717) is 6.04 Å². The second-order valence-electron chi connectivity index (χ2n) is 5.29. The van der Waals surface area contributed by atoms with Crippen molar-refractivity contribution in [2.75, 3.05) is 20.8 Å². The average Bonchev–Trinajstić information content (AvgIpc) is 2.40. The summed E-state index contributed by atoms with van der Waals surface area (Å²) in [4.78, 5) is 0. The smallest absolute Gasteiger partial charge is 0.161 e. The molecule has 1 unspecified atom stereocenters. The van der Waals surface area contributed by atoms with Crippen molar-refractivity contribution in [3.8, 4) is 11.5 Å². The summed E-state index contributed by atoms with van der Waals surface area (Å²) in [6, 6.07) is 4.58. The second-order valence-corrected chi connectivity index (χ2v) is 6.92. The molecule has 0 bridgehead atoms. The molecule has 0 saturated carbocycles. The van der Waals surface area contributed by atoms with Gasteiger partial charge in [0.05, 0.1) is 14.2 Å². The predicted molar refractivity (Wildman–Crippen MR) is 81.3 cm³/mol. The summed E-state index contributed by atoms with van der Waals surface area (Å²) in [6.07, 6.45) is 0. The Bertz CT molecular complexity index is 460. The Labute approximate surface area is 120 Å². The molecular weight excluding hydrogens is 258 g/mol. The van der Waals surface area contributed by atoms with Gasteiger partial charge in [0.1, 0.15) is 0 Å². The van der Waals surface area contributed by atoms with Gasteiger partial charge in [-0.1, -0.05) is 6.92 Å². The van der Waals surface area contributed by atoms with Crippen molar-refractivity contribution in [1.29, 1.82) is 0 Å². The van der Waals surface area contributed by atoms with Gasteiger partial charge >= 0.3 is 0 Å². The van der Waals surface area contributed by atoms with Gasteiger partial charge in [-0.15, -0.1) is 11.8 Å². The number of ether oxygens (including phenoxy) is 2. The molecule has 3 nitrogen and oxygen atoms in total. The number of hydrogen-bond acceptors (Lipinski definition) is 4. The first-order chi connectivity index (χ1) is 9.03. The first-order valence-electron chi connectivity index (χ1n) is 6.65. The van der Waals surface area contributed by atoms with Crippen LogP contribution in [-0.4, -0.2) is 25.5 Å². The highest BCUT2D eigenvalue weighted by atomic mass is 32.2. The normalized spacial score (nSPS) is 20.8. The molecule has 1 aliphatic heterocycles. The zero-order valence-electron chi connectivity index (χ0n) is 12.4. The number of thioether (sulfide) groups is 1. The molecule has 19 heavy (non-hydrogen) atoms. The van der Waals surface area contributed by atoms with Gasteiger partial charge < -0.3 is 14.8 Å². The lowest BCUT2D eigenvalue weighted by Gasteiger charge is -2.40. The minimum Gasteiger partial charge on any atom is -0.493 e. The second kappa shape index (κ2) is 5.63. The van der Waals surface area contributed by atoms with E-state index >= 15 is 0 Å². The maximum absolute atomic E-state index is 5.44. The van der Waals surface area contributed by atoms with E-state index in [-0.39, 0.29) is 4.75 Å². The lowest BCUT2D eigenvalue weighted by molar-refractivity contribution is 0.352. The zero-order chi connectivity index (χ0) is 14.0. The average molecular weight is 281 g/mol. The molecule has 0 spiro atoms. The summed E-state index contributed by atoms with van der Waals surface area (Å²) >= 11 is 1.98. The number of benzene rings is 1. The van der Waals surface area contributed by atoms with Crippen molar-refractivity contribution in [3.05, 3.63) is 23.3 Å². The van der Waals surface area contributed by atoms with E-state index in [1.54, 1.807) is 14.2 Å². The Kier molecular flexibility index (Phi) is 4.31. The van der Waals surface area contributed by atoms with E-state index in [1.807, 2.05) is 11.8 Å². The topological polar surface area (TPSA) is 30.5 Å². The maximum Gasteiger partial charge on any atom is 0.161 e. The van der Waals surface area contributed by atoms with Crippen LogP contribution in [-0.2, 0) is 5.75 Å². The summed E-state index contributed by atoms with van der Waals surface area (Å²) in [5, 5.41) is 3.60. The van der Waals surface area contributed by atoms with Crippen LogP contribution in [0.1, 0.15) is 37.9 Å². The SMILES string of the molecule is CCNC1c2cc(OC)c(OC)cc2CSC1(C)C. The molecule has 4 heteroatoms. The summed E-state index contributed by atoms with van der Waals surface area (Å²) in [7, 11) is 3.38. The van der Waals surface area contributed by atoms with Crippen LogP contribution >= 0.6 is 11.8 Å². The number of fused-ring (bicyclic) bond motifs is 1. The summed E-state index contributed by atoms with van der Waals surface area (Å²) < 4.78 is 11.0. The molecule has 0 fully saturated rings. The van der Waals surface area contributed by atoms with E-state index in [2.05, 4.69) is 38.2 Å². The Balaban J connectivity index is 2.50. The van der Waals surface area contributed by atoms with Gasteiger partial charge in [-0.2, -0.15) is 0 Å². The molecule has 1 N–H and O–H groups in total. The van der Waals surface area contributed by atoms with Crippen molar-refractivity contribution in [1.82, 2.24) is 5.32 Å². The van der Waals surface area contributed by atoms with E-state index in [1.165, 1.54) is 11.1 Å². The van der Waals surface area contributed by atoms with Crippen LogP contribution in [0.3, 0.4) is 0 Å². The monoisotopic (exact) mass is 281 g/mol. The quantitative estimate of drug-likeness (QED) is 0.916. The maximum atomic E-state index is 5.44. The van der Waals surface area contributed by atoms with Crippen LogP contribution in [0, 0.1) is 0 Å². The molecule has 1 heterocycles. The van der Waals surface area contributed by atoms with Crippen LogP contribution in [0.5, 0.6) is 11.5 Å². The molecule has 0 saturated heterocycles. The fourth-order valence-corrected chi connectivity index (χ4v) is 3.77. The summed E-state index contributed by atoms with van der Waals surface area (Å²) in [6.45, 7) is 7.70. The van der Waals surface area contributed by atoms with Crippen molar-refractivity contribution in [2.45, 2.75) is 37.3 Å². The Morgan fingerprint density at radius 2 is 1.89 bits per heavy atom. The van der Waals surface area contributed by atoms with Gasteiger partial charge in [0.2, 0.25) is 0 Å². The zero-order valence-corrected chi connectivity index (χ0v) is 13.2. The molecule has 0 radical (unpaired) electrons. The van der Waals surface area contributed by atoms with Gasteiger partial charge in [-0.05, 0) is 43.7 Å². The van der Waals surface area contributed by atoms with Crippen LogP contribution in [0.15, 0.2) is 12.1 Å². The highest BCUT2D eigenvalue weighted by molar-refractivity contribution is 8.00. The van der Waals surface area contributed by atoms with E-state index in [4.69, 9.17) is 9.47 Å². The van der Waals surface area contributed by atoms with Gasteiger partial charge in [-0.3, -0.25) is 0 Å². The fraction of sp³-hybridized carbons (Fsp3) is 0.600. The highest BCUT2D eigenvalue weighted by Crippen LogP contribution is 2.48. The molecule has 0 aliphatic carbocycles. The van der Waals surface area contributed by atoms with Gasteiger partial charge in [-0.25, -0.2) is 0 Å². The lowest BCUT2D eigenvalue weighted by atomic mass is 9.90. The van der Waals surface area contributed by atoms with Crippen LogP contribution < -0.4 is 14.8 Å². The molecule has 2 rings (SSSR count). The lowest BCUT2D eigenvalue weighted by Crippen LogP contribution is -2.39. The highest BCUT2D eigenvalue weighted by Gasteiger charge is 2.36. The molecule has 0 amide bonds. The third-order valence-corrected chi connectivity index (χ3v) is 5.09. The van der Waals surface area contributed by atoms with Gasteiger partial charge in [0.25, 0.3) is 0 Å². The molecule has 106 valence electrons. The van der Waals surface area contributed by atoms with Crippen molar-refractivity contribution in [3.63, 3.8) is 0 Å². The molecule has 1 aliphatic rings. The molecule has 1 aromatic carbocycles. The minimum absolute atomic E-state index is 0.183. The summed E-state index contributed by atoms with van der Waals surface area (Å²) in [5.41, 5.74) is 2.68. The van der Waals surface area contributed by atoms with Crippen molar-refractivity contribution in [2.24, 2.45) is 0 Å².